The highest BCUT2D eigenvalue weighted by Crippen LogP contribution is 2.64. The van der Waals surface area contributed by atoms with Gasteiger partial charge in [-0.25, -0.2) is 9.18 Å². The molecule has 0 aliphatic carbocycles. The number of thioether (sulfide) groups is 2. The maximum atomic E-state index is 17.5. The number of hydrogen-bond donors (Lipinski definition) is 1. The molecule has 0 aromatic heterocycles. The molecule has 4 aromatic rings. The number of ether oxygens (including phenoxy) is 3. The van der Waals surface area contributed by atoms with Crippen LogP contribution in [-0.4, -0.2) is 30.1 Å². The van der Waals surface area contributed by atoms with Crippen LogP contribution in [0.25, 0.3) is 0 Å². The normalized spacial score (nSPS) is 21.0. The van der Waals surface area contributed by atoms with Crippen molar-refractivity contribution < 1.29 is 28.5 Å². The molecule has 1 fully saturated rings. The highest BCUT2D eigenvalue weighted by molar-refractivity contribution is 8.17. The summed E-state index contributed by atoms with van der Waals surface area (Å²) in [6.07, 6.45) is -1.74. The second-order valence-electron chi connectivity index (χ2n) is 9.30. The largest absolute Gasteiger partial charge is 0.463 e. The van der Waals surface area contributed by atoms with Crippen LogP contribution in [0.1, 0.15) is 17.2 Å². The summed E-state index contributed by atoms with van der Waals surface area (Å²) in [6.45, 7) is -0.123. The average Bonchev–Trinajstić information content (AvgIpc) is 3.58. The molecule has 0 bridgehead atoms. The second kappa shape index (κ2) is 10.6. The number of halogens is 1. The van der Waals surface area contributed by atoms with Crippen molar-refractivity contribution in [3.63, 3.8) is 0 Å². The number of esters is 1. The van der Waals surface area contributed by atoms with E-state index < -0.39 is 27.7 Å². The maximum absolute atomic E-state index is 17.5. The molecule has 2 aliphatic rings. The van der Waals surface area contributed by atoms with E-state index in [9.17, 15) is 9.90 Å². The molecule has 0 saturated carbocycles. The van der Waals surface area contributed by atoms with Crippen LogP contribution in [0.4, 0.5) is 4.39 Å². The molecule has 39 heavy (non-hydrogen) atoms. The molecule has 1 N–H and O–H groups in total. The number of aliphatic hydroxyl groups is 1. The van der Waals surface area contributed by atoms with Crippen LogP contribution in [0.3, 0.4) is 0 Å². The molecular formula is C31H25FO5S2. The first kappa shape index (κ1) is 25.8. The summed E-state index contributed by atoms with van der Waals surface area (Å²) in [5.41, 5.74) is -1.72. The van der Waals surface area contributed by atoms with Crippen molar-refractivity contribution in [2.75, 3.05) is 13.4 Å². The topological polar surface area (TPSA) is 65.0 Å². The van der Waals surface area contributed by atoms with Gasteiger partial charge in [0.05, 0.1) is 5.92 Å². The number of carbonyl (C=O) groups is 1. The first-order valence-corrected chi connectivity index (χ1v) is 14.1. The molecule has 0 spiro atoms. The van der Waals surface area contributed by atoms with Crippen molar-refractivity contribution >= 4 is 29.5 Å². The third-order valence-corrected chi connectivity index (χ3v) is 10.1. The summed E-state index contributed by atoms with van der Waals surface area (Å²) in [6, 6.07) is 33.2. The van der Waals surface area contributed by atoms with Gasteiger partial charge in [0, 0.05) is 9.79 Å². The predicted molar refractivity (Wildman–Crippen MR) is 149 cm³/mol. The quantitative estimate of drug-likeness (QED) is 0.145. The zero-order valence-corrected chi connectivity index (χ0v) is 22.4. The van der Waals surface area contributed by atoms with E-state index >= 15 is 4.39 Å². The van der Waals surface area contributed by atoms with Gasteiger partial charge in [0.15, 0.2) is 11.5 Å². The Morgan fingerprint density at radius 3 is 1.97 bits per heavy atom. The lowest BCUT2D eigenvalue weighted by molar-refractivity contribution is -0.156. The van der Waals surface area contributed by atoms with Crippen LogP contribution in [0.15, 0.2) is 119 Å². The van der Waals surface area contributed by atoms with E-state index in [1.54, 1.807) is 36.4 Å². The fraction of sp³-hybridized carbons (Fsp3) is 0.194. The molecule has 8 heteroatoms. The summed E-state index contributed by atoms with van der Waals surface area (Å²) >= 11 is 2.85. The van der Waals surface area contributed by atoms with Gasteiger partial charge in [0.25, 0.3) is 0 Å². The van der Waals surface area contributed by atoms with Gasteiger partial charge in [-0.3, -0.25) is 0 Å². The highest BCUT2D eigenvalue weighted by Gasteiger charge is 2.66. The number of carbonyl (C=O) groups excluding carboxylic acids is 1. The highest BCUT2D eigenvalue weighted by atomic mass is 32.2. The number of rotatable bonds is 8. The van der Waals surface area contributed by atoms with Crippen LogP contribution < -0.4 is 9.47 Å². The van der Waals surface area contributed by atoms with Crippen molar-refractivity contribution in [2.24, 2.45) is 5.92 Å². The number of fused-ring (bicyclic) bond motifs is 1. The van der Waals surface area contributed by atoms with Gasteiger partial charge in [-0.05, 0) is 47.5 Å². The minimum Gasteiger partial charge on any atom is -0.463 e. The van der Waals surface area contributed by atoms with Gasteiger partial charge in [-0.2, -0.15) is 0 Å². The van der Waals surface area contributed by atoms with Crippen LogP contribution in [0, 0.1) is 5.92 Å². The molecule has 2 heterocycles. The molecule has 0 amide bonds. The number of aliphatic hydroxyl groups excluding tert-OH is 1. The third kappa shape index (κ3) is 4.67. The van der Waals surface area contributed by atoms with E-state index in [1.807, 2.05) is 72.8 Å². The molecule has 1 saturated heterocycles. The number of alkyl halides is 1. The van der Waals surface area contributed by atoms with Crippen LogP contribution >= 0.6 is 23.5 Å². The number of cyclic esters (lactones) is 1. The molecule has 0 radical (unpaired) electrons. The van der Waals surface area contributed by atoms with Crippen molar-refractivity contribution in [3.8, 4) is 11.5 Å². The van der Waals surface area contributed by atoms with Gasteiger partial charge in [-0.1, -0.05) is 72.8 Å². The summed E-state index contributed by atoms with van der Waals surface area (Å²) < 4.78 is 33.1. The van der Waals surface area contributed by atoms with Crippen molar-refractivity contribution in [3.05, 3.63) is 120 Å². The Balaban J connectivity index is 1.57. The van der Waals surface area contributed by atoms with Gasteiger partial charge in [0.1, 0.15) is 16.8 Å². The van der Waals surface area contributed by atoms with Crippen LogP contribution in [0.5, 0.6) is 11.5 Å². The fourth-order valence-corrected chi connectivity index (χ4v) is 8.31. The van der Waals surface area contributed by atoms with Crippen molar-refractivity contribution in [1.82, 2.24) is 0 Å². The van der Waals surface area contributed by atoms with Crippen LogP contribution in [-0.2, 0) is 13.6 Å². The Labute approximate surface area is 234 Å². The van der Waals surface area contributed by atoms with E-state index in [4.69, 9.17) is 14.2 Å². The number of hydrogen-bond acceptors (Lipinski definition) is 7. The zero-order chi connectivity index (χ0) is 26.9. The van der Waals surface area contributed by atoms with E-state index in [0.29, 0.717) is 22.6 Å². The Morgan fingerprint density at radius 2 is 1.36 bits per heavy atom. The second-order valence-corrected chi connectivity index (χ2v) is 12.2. The Hall–Kier alpha value is -3.46. The average molecular weight is 561 g/mol. The van der Waals surface area contributed by atoms with Gasteiger partial charge >= 0.3 is 5.97 Å². The predicted octanol–water partition coefficient (Wildman–Crippen LogP) is 6.77. The Kier molecular flexibility index (Phi) is 7.01. The summed E-state index contributed by atoms with van der Waals surface area (Å²) in [7, 11) is 0. The van der Waals surface area contributed by atoms with E-state index in [0.717, 1.165) is 9.79 Å². The molecule has 3 atom stereocenters. The SMILES string of the molecule is O=C1OC[C@H](C(Sc2ccccc2)(Sc2ccccc2)c2ccc3c(c2)OCO3)[C@@]1(F)[C@@H](O)c1ccccc1. The minimum atomic E-state index is -2.73. The molecule has 5 nitrogen and oxygen atoms in total. The smallest absolute Gasteiger partial charge is 0.347 e. The molecule has 2 aliphatic heterocycles. The molecule has 4 aromatic carbocycles. The van der Waals surface area contributed by atoms with E-state index in [1.165, 1.54) is 23.5 Å². The van der Waals surface area contributed by atoms with E-state index in [-0.39, 0.29) is 13.4 Å². The summed E-state index contributed by atoms with van der Waals surface area (Å²) in [4.78, 5) is 15.0. The first-order chi connectivity index (χ1) is 19.0. The van der Waals surface area contributed by atoms with Crippen molar-refractivity contribution in [1.29, 1.82) is 0 Å². The minimum absolute atomic E-state index is 0.0915. The molecule has 198 valence electrons. The maximum Gasteiger partial charge on any atom is 0.347 e. The number of benzene rings is 4. The van der Waals surface area contributed by atoms with E-state index in [2.05, 4.69) is 0 Å². The molecule has 6 rings (SSSR count). The van der Waals surface area contributed by atoms with Crippen molar-refractivity contribution in [2.45, 2.75) is 25.6 Å². The summed E-state index contributed by atoms with van der Waals surface area (Å²) in [5, 5.41) is 11.5. The standard InChI is InChI=1S/C31H25FO5S2/c32-30(28(33)21-10-4-1-5-11-21)27(19-35-29(30)34)31(38-23-12-6-2-7-13-23,39-24-14-8-3-9-15-24)22-16-17-25-26(18-22)37-20-36-25/h1-18,27-28,33H,19-20H2/t27-,28-,30+/m0/s1. The Bertz CT molecular complexity index is 1410. The summed E-state index contributed by atoms with van der Waals surface area (Å²) in [5.74, 6) is -1.03. The van der Waals surface area contributed by atoms with Gasteiger partial charge in [-0.15, -0.1) is 23.5 Å². The Morgan fingerprint density at radius 1 is 0.795 bits per heavy atom. The first-order valence-electron chi connectivity index (χ1n) is 12.5. The lowest BCUT2D eigenvalue weighted by atomic mass is 9.79. The third-order valence-electron chi connectivity index (χ3n) is 6.97. The lowest BCUT2D eigenvalue weighted by Gasteiger charge is -2.42. The molecular weight excluding hydrogens is 535 g/mol. The molecule has 0 unspecified atom stereocenters. The van der Waals surface area contributed by atoms with Crippen LogP contribution in [0.2, 0.25) is 0 Å². The van der Waals surface area contributed by atoms with Gasteiger partial charge < -0.3 is 19.3 Å². The van der Waals surface area contributed by atoms with Gasteiger partial charge in [0.2, 0.25) is 12.5 Å². The zero-order valence-electron chi connectivity index (χ0n) is 20.7. The lowest BCUT2D eigenvalue weighted by Crippen LogP contribution is -2.49. The fourth-order valence-electron chi connectivity index (χ4n) is 5.02. The monoisotopic (exact) mass is 560 g/mol.